The SMILES string of the molecule is [N-]=[N+]=NS(=O)(=O)c1ccc(N2C(=O)CCC2O)cc1. The highest BCUT2D eigenvalue weighted by Crippen LogP contribution is 2.26. The minimum Gasteiger partial charge on any atom is -0.373 e. The molecular weight excluding hydrogens is 272 g/mol. The van der Waals surface area contributed by atoms with Gasteiger partial charge in [0.2, 0.25) is 5.91 Å². The van der Waals surface area contributed by atoms with Crippen molar-refractivity contribution in [3.8, 4) is 0 Å². The monoisotopic (exact) mass is 282 g/mol. The van der Waals surface area contributed by atoms with Crippen molar-refractivity contribution in [1.82, 2.24) is 0 Å². The van der Waals surface area contributed by atoms with Crippen LogP contribution in [-0.2, 0) is 14.8 Å². The smallest absolute Gasteiger partial charge is 0.264 e. The standard InChI is InChI=1S/C10H10N4O4S/c11-12-13-19(17,18)8-3-1-7(2-4-8)14-9(15)5-6-10(14)16/h1-4,9,15H,5-6H2. The Hall–Kier alpha value is -2.09. The van der Waals surface area contributed by atoms with E-state index in [1.54, 1.807) is 0 Å². The molecular formula is C10H10N4O4S. The van der Waals surface area contributed by atoms with E-state index < -0.39 is 16.3 Å². The maximum atomic E-state index is 11.6. The fourth-order valence-corrected chi connectivity index (χ4v) is 2.53. The van der Waals surface area contributed by atoms with Crippen molar-refractivity contribution in [3.05, 3.63) is 34.7 Å². The summed E-state index contributed by atoms with van der Waals surface area (Å²) in [7, 11) is -4.04. The van der Waals surface area contributed by atoms with E-state index in [0.717, 1.165) is 0 Å². The number of aliphatic hydroxyl groups is 1. The molecule has 0 radical (unpaired) electrons. The summed E-state index contributed by atoms with van der Waals surface area (Å²) < 4.78 is 25.6. The number of hydrogen-bond donors (Lipinski definition) is 1. The number of sulfonamides is 1. The van der Waals surface area contributed by atoms with Crippen molar-refractivity contribution in [2.75, 3.05) is 4.90 Å². The molecule has 1 saturated heterocycles. The average Bonchev–Trinajstić information content (AvgIpc) is 2.69. The van der Waals surface area contributed by atoms with Gasteiger partial charge in [-0.3, -0.25) is 9.69 Å². The lowest BCUT2D eigenvalue weighted by Crippen LogP contribution is -2.32. The second-order valence-corrected chi connectivity index (χ2v) is 5.51. The molecule has 19 heavy (non-hydrogen) atoms. The Morgan fingerprint density at radius 1 is 1.37 bits per heavy atom. The summed E-state index contributed by atoms with van der Waals surface area (Å²) in [5, 5.41) is 9.65. The first-order valence-electron chi connectivity index (χ1n) is 5.37. The highest BCUT2D eigenvalue weighted by atomic mass is 32.2. The van der Waals surface area contributed by atoms with Crippen LogP contribution in [0.3, 0.4) is 0 Å². The lowest BCUT2D eigenvalue weighted by molar-refractivity contribution is -0.117. The molecule has 1 unspecified atom stereocenters. The van der Waals surface area contributed by atoms with Gasteiger partial charge in [-0.25, -0.2) is 8.42 Å². The molecule has 1 aromatic carbocycles. The Morgan fingerprint density at radius 3 is 2.47 bits per heavy atom. The summed E-state index contributed by atoms with van der Waals surface area (Å²) in [5.74, 6) is -0.224. The van der Waals surface area contributed by atoms with E-state index in [9.17, 15) is 18.3 Å². The van der Waals surface area contributed by atoms with Crippen LogP contribution in [0.5, 0.6) is 0 Å². The molecule has 100 valence electrons. The largest absolute Gasteiger partial charge is 0.373 e. The van der Waals surface area contributed by atoms with Crippen molar-refractivity contribution in [2.24, 2.45) is 4.52 Å². The molecule has 8 nitrogen and oxygen atoms in total. The number of carbonyl (C=O) groups excluding carboxylic acids is 1. The Morgan fingerprint density at radius 2 is 2.00 bits per heavy atom. The van der Waals surface area contributed by atoms with Crippen molar-refractivity contribution >= 4 is 21.6 Å². The summed E-state index contributed by atoms with van der Waals surface area (Å²) in [5.41, 5.74) is 8.55. The molecule has 1 heterocycles. The van der Waals surface area contributed by atoms with Gasteiger partial charge in [-0.15, -0.1) is 0 Å². The molecule has 1 aromatic rings. The van der Waals surface area contributed by atoms with Crippen molar-refractivity contribution in [2.45, 2.75) is 24.0 Å². The van der Waals surface area contributed by atoms with Crippen LogP contribution in [0.25, 0.3) is 10.4 Å². The lowest BCUT2D eigenvalue weighted by Gasteiger charge is -2.20. The molecule has 0 aliphatic carbocycles. The van der Waals surface area contributed by atoms with Crippen LogP contribution in [0.4, 0.5) is 5.69 Å². The summed E-state index contributed by atoms with van der Waals surface area (Å²) >= 11 is 0. The van der Waals surface area contributed by atoms with E-state index >= 15 is 0 Å². The van der Waals surface area contributed by atoms with E-state index in [1.165, 1.54) is 29.2 Å². The Labute approximate surface area is 108 Å². The lowest BCUT2D eigenvalue weighted by atomic mass is 10.3. The highest BCUT2D eigenvalue weighted by Gasteiger charge is 2.30. The Bertz CT molecular complexity index is 649. The molecule has 1 aliphatic heterocycles. The number of aliphatic hydroxyl groups excluding tert-OH is 1. The molecule has 9 heteroatoms. The number of amides is 1. The zero-order valence-electron chi connectivity index (χ0n) is 9.67. The van der Waals surface area contributed by atoms with Crippen LogP contribution in [-0.4, -0.2) is 25.7 Å². The number of hydrogen-bond acceptors (Lipinski definition) is 4. The van der Waals surface area contributed by atoms with Crippen LogP contribution in [0, 0.1) is 0 Å². The van der Waals surface area contributed by atoms with Crippen LogP contribution < -0.4 is 4.90 Å². The normalized spacial score (nSPS) is 19.3. The fraction of sp³-hybridized carbons (Fsp3) is 0.300. The second kappa shape index (κ2) is 4.88. The van der Waals surface area contributed by atoms with Crippen LogP contribution >= 0.6 is 0 Å². The van der Waals surface area contributed by atoms with Crippen LogP contribution in [0.15, 0.2) is 33.7 Å². The first kappa shape index (κ1) is 13.3. The molecule has 1 aliphatic rings. The summed E-state index contributed by atoms with van der Waals surface area (Å²) in [6.07, 6.45) is -0.301. The number of anilines is 1. The topological polar surface area (TPSA) is 123 Å². The molecule has 0 spiro atoms. The average molecular weight is 282 g/mol. The van der Waals surface area contributed by atoms with Crippen molar-refractivity contribution in [1.29, 1.82) is 0 Å². The first-order chi connectivity index (χ1) is 8.95. The highest BCUT2D eigenvalue weighted by molar-refractivity contribution is 7.90. The van der Waals surface area contributed by atoms with Gasteiger partial charge in [-0.2, -0.15) is 0 Å². The first-order valence-corrected chi connectivity index (χ1v) is 6.81. The number of rotatable bonds is 3. The maximum Gasteiger partial charge on any atom is 0.264 e. The predicted molar refractivity (Wildman–Crippen MR) is 65.5 cm³/mol. The van der Waals surface area contributed by atoms with Crippen LogP contribution in [0.1, 0.15) is 12.8 Å². The van der Waals surface area contributed by atoms with Gasteiger partial charge in [0.05, 0.1) is 4.90 Å². The second-order valence-electron chi connectivity index (χ2n) is 3.92. The molecule has 1 N–H and O–H groups in total. The van der Waals surface area contributed by atoms with Gasteiger partial charge in [-0.1, -0.05) is 0 Å². The zero-order chi connectivity index (χ0) is 14.0. The quantitative estimate of drug-likeness (QED) is 0.507. The summed E-state index contributed by atoms with van der Waals surface area (Å²) in [6, 6.07) is 5.20. The molecule has 1 fully saturated rings. The Kier molecular flexibility index (Phi) is 3.43. The molecule has 0 bridgehead atoms. The zero-order valence-corrected chi connectivity index (χ0v) is 10.5. The van der Waals surface area contributed by atoms with E-state index in [4.69, 9.17) is 5.53 Å². The summed E-state index contributed by atoms with van der Waals surface area (Å²) in [4.78, 5) is 14.8. The van der Waals surface area contributed by atoms with Crippen molar-refractivity contribution in [3.63, 3.8) is 0 Å². The van der Waals surface area contributed by atoms with Gasteiger partial charge in [0.1, 0.15) is 6.23 Å². The number of azide groups is 1. The number of nitrogens with zero attached hydrogens (tertiary/aromatic N) is 4. The van der Waals surface area contributed by atoms with E-state index in [2.05, 4.69) is 9.43 Å². The third-order valence-electron chi connectivity index (χ3n) is 2.74. The van der Waals surface area contributed by atoms with Crippen molar-refractivity contribution < 1.29 is 18.3 Å². The molecule has 0 saturated carbocycles. The fourth-order valence-electron chi connectivity index (χ4n) is 1.86. The Balaban J connectivity index is 2.34. The minimum absolute atomic E-state index is 0.171. The maximum absolute atomic E-state index is 11.6. The van der Waals surface area contributed by atoms with Gasteiger partial charge in [0.15, 0.2) is 0 Å². The molecule has 1 atom stereocenters. The van der Waals surface area contributed by atoms with Gasteiger partial charge in [0.25, 0.3) is 10.0 Å². The third-order valence-corrected chi connectivity index (χ3v) is 3.90. The van der Waals surface area contributed by atoms with Crippen LogP contribution in [0.2, 0.25) is 0 Å². The summed E-state index contributed by atoms with van der Waals surface area (Å²) in [6.45, 7) is 0. The van der Waals surface area contributed by atoms with Gasteiger partial charge >= 0.3 is 0 Å². The van der Waals surface area contributed by atoms with Gasteiger partial charge in [0, 0.05) is 28.0 Å². The number of benzene rings is 1. The predicted octanol–water partition coefficient (Wildman–Crippen LogP) is 1.13. The molecule has 2 rings (SSSR count). The van der Waals surface area contributed by atoms with E-state index in [-0.39, 0.29) is 17.2 Å². The number of carbonyl (C=O) groups is 1. The van der Waals surface area contributed by atoms with Gasteiger partial charge in [-0.05, 0) is 29.8 Å². The van der Waals surface area contributed by atoms with E-state index in [0.29, 0.717) is 12.1 Å². The van der Waals surface area contributed by atoms with Gasteiger partial charge < -0.3 is 5.11 Å². The molecule has 1 amide bonds. The third kappa shape index (κ3) is 2.53. The minimum atomic E-state index is -4.04. The molecule has 0 aromatic heterocycles. The van der Waals surface area contributed by atoms with E-state index in [1.807, 2.05) is 0 Å².